The second-order valence-corrected chi connectivity index (χ2v) is 10.8. The van der Waals surface area contributed by atoms with E-state index in [1.54, 1.807) is 12.1 Å². The summed E-state index contributed by atoms with van der Waals surface area (Å²) in [6.07, 6.45) is 0.0431. The van der Waals surface area contributed by atoms with Crippen LogP contribution in [0, 0.1) is 17.0 Å². The zero-order chi connectivity index (χ0) is 27.3. The van der Waals surface area contributed by atoms with Crippen molar-refractivity contribution < 1.29 is 14.8 Å². The van der Waals surface area contributed by atoms with Crippen molar-refractivity contribution in [1.82, 2.24) is 14.9 Å². The first-order valence-electron chi connectivity index (χ1n) is 13.0. The molecule has 3 aromatic rings. The number of aliphatic hydroxyl groups is 1. The van der Waals surface area contributed by atoms with Crippen molar-refractivity contribution in [3.8, 4) is 11.4 Å². The summed E-state index contributed by atoms with van der Waals surface area (Å²) in [7, 11) is 0. The van der Waals surface area contributed by atoms with Gasteiger partial charge in [0.1, 0.15) is 5.82 Å². The van der Waals surface area contributed by atoms with Crippen molar-refractivity contribution in [3.63, 3.8) is 0 Å². The first kappa shape index (κ1) is 27.6. The quantitative estimate of drug-likeness (QED) is 0.331. The van der Waals surface area contributed by atoms with E-state index in [-0.39, 0.29) is 16.2 Å². The maximum absolute atomic E-state index is 11.1. The minimum Gasteiger partial charge on any atom is -0.389 e. The molecule has 9 nitrogen and oxygen atoms in total. The van der Waals surface area contributed by atoms with Crippen LogP contribution in [0.15, 0.2) is 54.6 Å². The summed E-state index contributed by atoms with van der Waals surface area (Å²) in [6.45, 7) is 12.0. The van der Waals surface area contributed by atoms with Crippen LogP contribution in [0.2, 0.25) is 0 Å². The van der Waals surface area contributed by atoms with Gasteiger partial charge in [-0.2, -0.15) is 0 Å². The van der Waals surface area contributed by atoms with Crippen molar-refractivity contribution >= 4 is 11.5 Å². The molecule has 2 heterocycles. The van der Waals surface area contributed by atoms with E-state index in [4.69, 9.17) is 14.7 Å². The highest BCUT2D eigenvalue weighted by Crippen LogP contribution is 2.29. The Bertz CT molecular complexity index is 1220. The molecule has 0 saturated carbocycles. The van der Waals surface area contributed by atoms with Gasteiger partial charge in [-0.25, -0.2) is 9.97 Å². The monoisotopic (exact) mass is 519 g/mol. The number of β-amino-alcohol motifs (C(OH)–C–C–N with tert-alkyl or cyclic N) is 1. The van der Waals surface area contributed by atoms with Crippen molar-refractivity contribution in [1.29, 1.82) is 0 Å². The molecule has 1 fully saturated rings. The van der Waals surface area contributed by atoms with Crippen LogP contribution in [-0.2, 0) is 11.2 Å². The molecule has 38 heavy (non-hydrogen) atoms. The smallest absolute Gasteiger partial charge is 0.269 e. The van der Waals surface area contributed by atoms with Gasteiger partial charge in [-0.1, -0.05) is 42.5 Å². The summed E-state index contributed by atoms with van der Waals surface area (Å²) in [6, 6.07) is 16.6. The Morgan fingerprint density at radius 3 is 2.29 bits per heavy atom. The van der Waals surface area contributed by atoms with E-state index >= 15 is 0 Å². The van der Waals surface area contributed by atoms with E-state index in [0.29, 0.717) is 25.4 Å². The highest BCUT2D eigenvalue weighted by Gasteiger charge is 2.25. The maximum Gasteiger partial charge on any atom is 0.269 e. The van der Waals surface area contributed by atoms with Crippen LogP contribution in [0.25, 0.3) is 11.4 Å². The van der Waals surface area contributed by atoms with Gasteiger partial charge in [0, 0.05) is 68.1 Å². The van der Waals surface area contributed by atoms with E-state index in [0.717, 1.165) is 54.4 Å². The first-order chi connectivity index (χ1) is 18.1. The molecule has 0 bridgehead atoms. The number of nitro groups is 1. The molecular weight excluding hydrogens is 482 g/mol. The van der Waals surface area contributed by atoms with Crippen molar-refractivity contribution in [3.05, 3.63) is 81.5 Å². The van der Waals surface area contributed by atoms with Gasteiger partial charge < -0.3 is 14.7 Å². The zero-order valence-electron chi connectivity index (χ0n) is 22.6. The fourth-order valence-corrected chi connectivity index (χ4v) is 4.54. The highest BCUT2D eigenvalue weighted by atomic mass is 16.6. The minimum atomic E-state index is -0.538. The summed E-state index contributed by atoms with van der Waals surface area (Å²) < 4.78 is 5.74. The van der Waals surface area contributed by atoms with E-state index in [9.17, 15) is 15.2 Å². The lowest BCUT2D eigenvalue weighted by Crippen LogP contribution is -2.50. The van der Waals surface area contributed by atoms with Gasteiger partial charge in [-0.15, -0.1) is 0 Å². The lowest BCUT2D eigenvalue weighted by atomic mass is 10.0. The van der Waals surface area contributed by atoms with Crippen LogP contribution in [0.1, 0.15) is 37.6 Å². The normalized spacial score (nSPS) is 15.4. The number of benzene rings is 2. The number of anilines is 1. The van der Waals surface area contributed by atoms with Crippen molar-refractivity contribution in [2.45, 2.75) is 45.8 Å². The minimum absolute atomic E-state index is 0.0765. The maximum atomic E-state index is 11.1. The third-order valence-corrected chi connectivity index (χ3v) is 6.60. The van der Waals surface area contributed by atoms with Gasteiger partial charge in [0.05, 0.1) is 23.2 Å². The molecule has 9 heteroatoms. The number of ether oxygens (including phenoxy) is 1. The van der Waals surface area contributed by atoms with Crippen LogP contribution in [0.4, 0.5) is 11.5 Å². The Balaban J connectivity index is 1.54. The average Bonchev–Trinajstić information content (AvgIpc) is 2.89. The number of nitrogens with zero attached hydrogens (tertiary/aromatic N) is 5. The Kier molecular flexibility index (Phi) is 8.71. The molecule has 2 aromatic carbocycles. The van der Waals surface area contributed by atoms with E-state index in [1.165, 1.54) is 12.1 Å². The van der Waals surface area contributed by atoms with Crippen LogP contribution in [0.5, 0.6) is 0 Å². The Hall–Kier alpha value is -3.40. The number of aromatic nitrogens is 2. The van der Waals surface area contributed by atoms with Gasteiger partial charge in [-0.3, -0.25) is 15.0 Å². The van der Waals surface area contributed by atoms with Gasteiger partial charge in [0.25, 0.3) is 5.69 Å². The summed E-state index contributed by atoms with van der Waals surface area (Å²) in [5.41, 5.74) is 3.64. The molecular formula is C29H37N5O4. The molecule has 4 rings (SSSR count). The third-order valence-electron chi connectivity index (χ3n) is 6.60. The largest absolute Gasteiger partial charge is 0.389 e. The number of aliphatic hydroxyl groups excluding tert-OH is 1. The molecule has 1 saturated heterocycles. The molecule has 0 radical (unpaired) electrons. The fraction of sp³-hybridized carbons (Fsp3) is 0.448. The molecule has 0 amide bonds. The molecule has 0 spiro atoms. The predicted octanol–water partition coefficient (Wildman–Crippen LogP) is 4.25. The third kappa shape index (κ3) is 7.34. The highest BCUT2D eigenvalue weighted by molar-refractivity contribution is 5.61. The summed E-state index contributed by atoms with van der Waals surface area (Å²) in [5, 5.41) is 21.5. The lowest BCUT2D eigenvalue weighted by Gasteiger charge is -2.37. The second-order valence-electron chi connectivity index (χ2n) is 10.8. The molecule has 202 valence electrons. The van der Waals surface area contributed by atoms with Crippen molar-refractivity contribution in [2.24, 2.45) is 0 Å². The lowest BCUT2D eigenvalue weighted by molar-refractivity contribution is -0.384. The van der Waals surface area contributed by atoms with Crippen LogP contribution < -0.4 is 4.90 Å². The number of nitro benzene ring substituents is 1. The number of hydrogen-bond donors (Lipinski definition) is 1. The topological polar surface area (TPSA) is 105 Å². The van der Waals surface area contributed by atoms with Crippen LogP contribution >= 0.6 is 0 Å². The molecule has 1 aliphatic rings. The molecule has 1 aliphatic heterocycles. The van der Waals surface area contributed by atoms with Gasteiger partial charge >= 0.3 is 0 Å². The van der Waals surface area contributed by atoms with E-state index in [2.05, 4.69) is 9.80 Å². The Morgan fingerprint density at radius 2 is 1.68 bits per heavy atom. The summed E-state index contributed by atoms with van der Waals surface area (Å²) in [4.78, 5) is 25.1. The van der Waals surface area contributed by atoms with Crippen molar-refractivity contribution in [2.75, 3.05) is 44.2 Å². The molecule has 1 N–H and O–H groups in total. The van der Waals surface area contributed by atoms with Gasteiger partial charge in [0.2, 0.25) is 0 Å². The summed E-state index contributed by atoms with van der Waals surface area (Å²) in [5.74, 6) is 1.58. The van der Waals surface area contributed by atoms with Crippen LogP contribution in [0.3, 0.4) is 0 Å². The number of aryl methyl sites for hydroxylation is 1. The number of rotatable bonds is 9. The van der Waals surface area contributed by atoms with Gasteiger partial charge in [0.15, 0.2) is 5.82 Å². The first-order valence-corrected chi connectivity index (χ1v) is 13.0. The zero-order valence-corrected chi connectivity index (χ0v) is 22.6. The predicted molar refractivity (Wildman–Crippen MR) is 148 cm³/mol. The Morgan fingerprint density at radius 1 is 1.03 bits per heavy atom. The number of hydrogen-bond acceptors (Lipinski definition) is 8. The molecule has 0 aliphatic carbocycles. The average molecular weight is 520 g/mol. The van der Waals surface area contributed by atoms with E-state index in [1.807, 2.05) is 58.0 Å². The standard InChI is InChI=1S/C29H37N5O4/c1-21-26(18-22-10-12-24(13-11-22)34(36)37)28(31-27(30-21)23-8-6-5-7-9-23)33-16-14-32(15-17-33)19-25(35)20-38-29(2,3)4/h5-13,25,35H,14-20H2,1-4H3. The van der Waals surface area contributed by atoms with Gasteiger partial charge in [-0.05, 0) is 33.3 Å². The molecule has 1 unspecified atom stereocenters. The fourth-order valence-electron chi connectivity index (χ4n) is 4.54. The Labute approximate surface area is 224 Å². The number of piperazine rings is 1. The van der Waals surface area contributed by atoms with E-state index < -0.39 is 6.10 Å². The van der Waals surface area contributed by atoms with Crippen LogP contribution in [-0.4, -0.2) is 75.9 Å². The molecule has 1 aromatic heterocycles. The summed E-state index contributed by atoms with van der Waals surface area (Å²) >= 11 is 0. The SMILES string of the molecule is Cc1nc(-c2ccccc2)nc(N2CCN(CC(O)COC(C)(C)C)CC2)c1Cc1ccc([N+](=O)[O-])cc1. The second kappa shape index (κ2) is 12.0. The number of non-ortho nitro benzene ring substituents is 1. The molecule has 1 atom stereocenters.